The van der Waals surface area contributed by atoms with Gasteiger partial charge in [-0.15, -0.1) is 0 Å². The summed E-state index contributed by atoms with van der Waals surface area (Å²) in [6.45, 7) is 6.45. The van der Waals surface area contributed by atoms with Gasteiger partial charge in [-0.25, -0.2) is 0 Å². The zero-order valence-corrected chi connectivity index (χ0v) is 13.3. The number of aromatic amines is 1. The average Bonchev–Trinajstić information content (AvgIpc) is 2.93. The highest BCUT2D eigenvalue weighted by atomic mass is 16.5. The summed E-state index contributed by atoms with van der Waals surface area (Å²) in [5.41, 5.74) is 5.61. The monoisotopic (exact) mass is 288 g/mol. The molecule has 21 heavy (non-hydrogen) atoms. The minimum Gasteiger partial charge on any atom is -0.494 e. The van der Waals surface area contributed by atoms with Crippen LogP contribution in [-0.4, -0.2) is 18.0 Å². The third-order valence-electron chi connectivity index (χ3n) is 3.96. The second-order valence-electron chi connectivity index (χ2n) is 5.48. The zero-order valence-electron chi connectivity index (χ0n) is 13.3. The van der Waals surface area contributed by atoms with Crippen molar-refractivity contribution in [1.29, 1.82) is 0 Å². The summed E-state index contributed by atoms with van der Waals surface area (Å²) in [6.07, 6.45) is 8.22. The van der Waals surface area contributed by atoms with Crippen molar-refractivity contribution in [3.63, 3.8) is 0 Å². The Kier molecular flexibility index (Phi) is 4.89. The molecule has 1 aromatic rings. The zero-order chi connectivity index (χ0) is 15.4. The molecule has 2 rings (SSSR count). The lowest BCUT2D eigenvalue weighted by Crippen LogP contribution is -2.13. The standard InChI is InChI=1S/C17H24N2O2/c1-5-6-7-8-13-11(2)14(18-12(13)3)9-15-16(21-4)10-17(20)19-15/h9-10,18H,5-8H2,1-4H3,(H,19,20)/b15-9-. The summed E-state index contributed by atoms with van der Waals surface area (Å²) in [4.78, 5) is 14.8. The van der Waals surface area contributed by atoms with E-state index < -0.39 is 0 Å². The summed E-state index contributed by atoms with van der Waals surface area (Å²) in [5, 5.41) is 2.80. The summed E-state index contributed by atoms with van der Waals surface area (Å²) in [5.74, 6) is 0.446. The normalized spacial score (nSPS) is 16.3. The molecule has 0 saturated carbocycles. The maximum Gasteiger partial charge on any atom is 0.252 e. The van der Waals surface area contributed by atoms with Crippen LogP contribution in [0.25, 0.3) is 6.08 Å². The molecule has 0 bridgehead atoms. The van der Waals surface area contributed by atoms with E-state index in [0.717, 1.165) is 12.1 Å². The molecule has 1 aromatic heterocycles. The minimum atomic E-state index is -0.137. The first kappa shape index (κ1) is 15.4. The molecular weight excluding hydrogens is 264 g/mol. The van der Waals surface area contributed by atoms with E-state index in [9.17, 15) is 4.79 Å². The van der Waals surface area contributed by atoms with Gasteiger partial charge in [-0.05, 0) is 43.9 Å². The number of nitrogens with one attached hydrogen (secondary N) is 2. The molecule has 0 unspecified atom stereocenters. The number of hydrogen-bond acceptors (Lipinski definition) is 2. The Hall–Kier alpha value is -1.97. The summed E-state index contributed by atoms with van der Waals surface area (Å²) in [7, 11) is 1.57. The SMILES string of the molecule is CCCCCc1c(C)[nH]c(/C=C2\NC(=O)C=C2OC)c1C. The highest BCUT2D eigenvalue weighted by Crippen LogP contribution is 2.24. The number of carbonyl (C=O) groups excluding carboxylic acids is 1. The molecule has 0 atom stereocenters. The summed E-state index contributed by atoms with van der Waals surface area (Å²) < 4.78 is 5.22. The minimum absolute atomic E-state index is 0.137. The van der Waals surface area contributed by atoms with E-state index in [2.05, 4.69) is 31.1 Å². The first-order valence-corrected chi connectivity index (χ1v) is 7.53. The van der Waals surface area contributed by atoms with Gasteiger partial charge in [-0.3, -0.25) is 4.79 Å². The molecule has 2 N–H and O–H groups in total. The fraction of sp³-hybridized carbons (Fsp3) is 0.471. The number of carbonyl (C=O) groups is 1. The molecule has 0 aliphatic carbocycles. The van der Waals surface area contributed by atoms with E-state index in [1.807, 2.05) is 6.08 Å². The fourth-order valence-electron chi connectivity index (χ4n) is 2.73. The highest BCUT2D eigenvalue weighted by molar-refractivity contribution is 5.95. The number of aromatic nitrogens is 1. The smallest absolute Gasteiger partial charge is 0.252 e. The Morgan fingerprint density at radius 3 is 2.71 bits per heavy atom. The van der Waals surface area contributed by atoms with Crippen molar-refractivity contribution in [2.75, 3.05) is 7.11 Å². The quantitative estimate of drug-likeness (QED) is 0.789. The van der Waals surface area contributed by atoms with Crippen molar-refractivity contribution in [3.8, 4) is 0 Å². The summed E-state index contributed by atoms with van der Waals surface area (Å²) in [6, 6.07) is 0. The molecule has 1 aliphatic rings. The lowest BCUT2D eigenvalue weighted by atomic mass is 10.0. The van der Waals surface area contributed by atoms with Gasteiger partial charge < -0.3 is 15.0 Å². The Balaban J connectivity index is 2.24. The Morgan fingerprint density at radius 2 is 2.05 bits per heavy atom. The number of unbranched alkanes of at least 4 members (excludes halogenated alkanes) is 2. The number of methoxy groups -OCH3 is 1. The maximum atomic E-state index is 11.4. The Morgan fingerprint density at radius 1 is 1.29 bits per heavy atom. The Bertz CT molecular complexity index is 594. The van der Waals surface area contributed by atoms with Crippen molar-refractivity contribution in [2.45, 2.75) is 46.5 Å². The summed E-state index contributed by atoms with van der Waals surface area (Å²) >= 11 is 0. The van der Waals surface area contributed by atoms with E-state index in [0.29, 0.717) is 11.5 Å². The number of amides is 1. The van der Waals surface area contributed by atoms with Gasteiger partial charge in [-0.2, -0.15) is 0 Å². The highest BCUT2D eigenvalue weighted by Gasteiger charge is 2.19. The Labute approximate surface area is 126 Å². The molecule has 0 fully saturated rings. The van der Waals surface area contributed by atoms with Crippen LogP contribution >= 0.6 is 0 Å². The van der Waals surface area contributed by atoms with Crippen LogP contribution in [0, 0.1) is 13.8 Å². The molecule has 2 heterocycles. The van der Waals surface area contributed by atoms with Crippen molar-refractivity contribution in [2.24, 2.45) is 0 Å². The van der Waals surface area contributed by atoms with Crippen LogP contribution in [0.4, 0.5) is 0 Å². The van der Waals surface area contributed by atoms with E-state index in [4.69, 9.17) is 4.74 Å². The molecule has 4 heteroatoms. The fourth-order valence-corrected chi connectivity index (χ4v) is 2.73. The molecule has 114 valence electrons. The number of hydrogen-bond donors (Lipinski definition) is 2. The lowest BCUT2D eigenvalue weighted by Gasteiger charge is -2.04. The maximum absolute atomic E-state index is 11.4. The number of rotatable bonds is 6. The van der Waals surface area contributed by atoms with Crippen molar-refractivity contribution in [1.82, 2.24) is 10.3 Å². The molecule has 0 spiro atoms. The predicted molar refractivity (Wildman–Crippen MR) is 84.7 cm³/mol. The van der Waals surface area contributed by atoms with Crippen LogP contribution in [0.3, 0.4) is 0 Å². The second-order valence-corrected chi connectivity index (χ2v) is 5.48. The topological polar surface area (TPSA) is 54.1 Å². The van der Waals surface area contributed by atoms with Gasteiger partial charge in [0.25, 0.3) is 5.91 Å². The van der Waals surface area contributed by atoms with Crippen LogP contribution < -0.4 is 5.32 Å². The molecular formula is C17H24N2O2. The van der Waals surface area contributed by atoms with E-state index in [1.165, 1.54) is 42.2 Å². The van der Waals surface area contributed by atoms with Gasteiger partial charge in [0.1, 0.15) is 5.76 Å². The largest absolute Gasteiger partial charge is 0.494 e. The first-order valence-electron chi connectivity index (χ1n) is 7.53. The van der Waals surface area contributed by atoms with E-state index in [-0.39, 0.29) is 5.91 Å². The van der Waals surface area contributed by atoms with Crippen LogP contribution in [0.5, 0.6) is 0 Å². The van der Waals surface area contributed by atoms with Gasteiger partial charge >= 0.3 is 0 Å². The number of aryl methyl sites for hydroxylation is 1. The van der Waals surface area contributed by atoms with Gasteiger partial charge in [0.2, 0.25) is 0 Å². The van der Waals surface area contributed by atoms with Crippen LogP contribution in [0.2, 0.25) is 0 Å². The van der Waals surface area contributed by atoms with Crippen molar-refractivity contribution >= 4 is 12.0 Å². The average molecular weight is 288 g/mol. The molecule has 4 nitrogen and oxygen atoms in total. The third-order valence-corrected chi connectivity index (χ3v) is 3.96. The van der Waals surface area contributed by atoms with Gasteiger partial charge in [-0.1, -0.05) is 19.8 Å². The van der Waals surface area contributed by atoms with Crippen molar-refractivity contribution < 1.29 is 9.53 Å². The van der Waals surface area contributed by atoms with Crippen molar-refractivity contribution in [3.05, 3.63) is 40.0 Å². The number of H-pyrrole nitrogens is 1. The second kappa shape index (κ2) is 6.66. The van der Waals surface area contributed by atoms with Crippen LogP contribution in [0.1, 0.15) is 48.7 Å². The van der Waals surface area contributed by atoms with Crippen LogP contribution in [0.15, 0.2) is 17.5 Å². The third kappa shape index (κ3) is 3.38. The van der Waals surface area contributed by atoms with E-state index >= 15 is 0 Å². The molecule has 0 radical (unpaired) electrons. The first-order chi connectivity index (χ1) is 10.1. The van der Waals surface area contributed by atoms with Gasteiger partial charge in [0, 0.05) is 17.5 Å². The van der Waals surface area contributed by atoms with Gasteiger partial charge in [0.05, 0.1) is 12.8 Å². The lowest BCUT2D eigenvalue weighted by molar-refractivity contribution is -0.115. The van der Waals surface area contributed by atoms with E-state index in [1.54, 1.807) is 7.11 Å². The molecule has 0 aromatic carbocycles. The van der Waals surface area contributed by atoms with Gasteiger partial charge in [0.15, 0.2) is 0 Å². The molecule has 0 saturated heterocycles. The van der Waals surface area contributed by atoms with Crippen LogP contribution in [-0.2, 0) is 16.0 Å². The number of ether oxygens (including phenoxy) is 1. The predicted octanol–water partition coefficient (Wildman–Crippen LogP) is 3.37. The molecule has 1 aliphatic heterocycles. The molecule has 1 amide bonds.